The smallest absolute Gasteiger partial charge is 0.253 e. The van der Waals surface area contributed by atoms with E-state index in [1.807, 2.05) is 31.2 Å². The standard InChI is InChI=1S/C17H26N2O2/c1-13(20)16-6-4-5-11-19(16)12-14-7-9-15(10-8-14)17(21)18(2)3/h7-10,13,16,20H,4-6,11-12H2,1-3H3. The molecule has 4 heteroatoms. The molecule has 1 amide bonds. The van der Waals surface area contributed by atoms with Crippen molar-refractivity contribution in [3.8, 4) is 0 Å². The minimum Gasteiger partial charge on any atom is -0.392 e. The molecule has 1 heterocycles. The van der Waals surface area contributed by atoms with Crippen molar-refractivity contribution in [3.05, 3.63) is 35.4 Å². The summed E-state index contributed by atoms with van der Waals surface area (Å²) in [6.45, 7) is 3.75. The lowest BCUT2D eigenvalue weighted by molar-refractivity contribution is 0.0317. The van der Waals surface area contributed by atoms with Crippen LogP contribution in [0.3, 0.4) is 0 Å². The topological polar surface area (TPSA) is 43.8 Å². The quantitative estimate of drug-likeness (QED) is 0.924. The molecule has 21 heavy (non-hydrogen) atoms. The molecule has 0 radical (unpaired) electrons. The van der Waals surface area contributed by atoms with Crippen LogP contribution in [0, 0.1) is 0 Å². The van der Waals surface area contributed by atoms with E-state index in [-0.39, 0.29) is 18.1 Å². The minimum atomic E-state index is -0.292. The van der Waals surface area contributed by atoms with Gasteiger partial charge in [-0.05, 0) is 44.0 Å². The number of piperidine rings is 1. The minimum absolute atomic E-state index is 0.0291. The molecular weight excluding hydrogens is 264 g/mol. The average Bonchev–Trinajstić information content (AvgIpc) is 2.47. The van der Waals surface area contributed by atoms with Gasteiger partial charge in [0.25, 0.3) is 5.91 Å². The Morgan fingerprint density at radius 2 is 2.00 bits per heavy atom. The van der Waals surface area contributed by atoms with Crippen LogP contribution < -0.4 is 0 Å². The molecule has 0 aromatic heterocycles. The first-order valence-electron chi connectivity index (χ1n) is 7.71. The summed E-state index contributed by atoms with van der Waals surface area (Å²) >= 11 is 0. The predicted molar refractivity (Wildman–Crippen MR) is 84.2 cm³/mol. The van der Waals surface area contributed by atoms with Gasteiger partial charge in [-0.3, -0.25) is 9.69 Å². The number of hydrogen-bond donors (Lipinski definition) is 1. The van der Waals surface area contributed by atoms with Crippen molar-refractivity contribution < 1.29 is 9.90 Å². The molecule has 1 aromatic rings. The van der Waals surface area contributed by atoms with E-state index in [9.17, 15) is 9.90 Å². The summed E-state index contributed by atoms with van der Waals surface area (Å²) in [5.74, 6) is 0.0291. The molecule has 0 aliphatic carbocycles. The van der Waals surface area contributed by atoms with Crippen molar-refractivity contribution in [2.24, 2.45) is 0 Å². The molecule has 1 aromatic carbocycles. The van der Waals surface area contributed by atoms with Crippen LogP contribution in [0.4, 0.5) is 0 Å². The molecule has 2 unspecified atom stereocenters. The van der Waals surface area contributed by atoms with Gasteiger partial charge >= 0.3 is 0 Å². The van der Waals surface area contributed by atoms with Crippen LogP contribution in [0.1, 0.15) is 42.1 Å². The lowest BCUT2D eigenvalue weighted by Crippen LogP contribution is -2.45. The van der Waals surface area contributed by atoms with Gasteiger partial charge in [0.1, 0.15) is 0 Å². The second kappa shape index (κ2) is 7.05. The van der Waals surface area contributed by atoms with Crippen LogP contribution in [-0.2, 0) is 6.54 Å². The summed E-state index contributed by atoms with van der Waals surface area (Å²) in [5, 5.41) is 9.91. The number of aliphatic hydroxyl groups excluding tert-OH is 1. The van der Waals surface area contributed by atoms with E-state index >= 15 is 0 Å². The van der Waals surface area contributed by atoms with Crippen LogP contribution in [-0.4, -0.2) is 53.6 Å². The van der Waals surface area contributed by atoms with Gasteiger partial charge in [0, 0.05) is 32.2 Å². The number of carbonyl (C=O) groups excluding carboxylic acids is 1. The van der Waals surface area contributed by atoms with Gasteiger partial charge in [-0.2, -0.15) is 0 Å². The number of nitrogens with zero attached hydrogens (tertiary/aromatic N) is 2. The lowest BCUT2D eigenvalue weighted by atomic mass is 9.97. The molecule has 2 rings (SSSR count). The van der Waals surface area contributed by atoms with Gasteiger partial charge in [-0.15, -0.1) is 0 Å². The summed E-state index contributed by atoms with van der Waals surface area (Å²) < 4.78 is 0. The Morgan fingerprint density at radius 1 is 1.33 bits per heavy atom. The van der Waals surface area contributed by atoms with Crippen molar-refractivity contribution in [2.75, 3.05) is 20.6 Å². The number of carbonyl (C=O) groups is 1. The highest BCUT2D eigenvalue weighted by Crippen LogP contribution is 2.22. The monoisotopic (exact) mass is 290 g/mol. The molecule has 4 nitrogen and oxygen atoms in total. The molecule has 116 valence electrons. The second-order valence-corrected chi connectivity index (χ2v) is 6.17. The van der Waals surface area contributed by atoms with E-state index < -0.39 is 0 Å². The van der Waals surface area contributed by atoms with E-state index in [4.69, 9.17) is 0 Å². The Hall–Kier alpha value is -1.39. The van der Waals surface area contributed by atoms with Crippen LogP contribution in [0.25, 0.3) is 0 Å². The molecule has 0 spiro atoms. The van der Waals surface area contributed by atoms with Crippen molar-refractivity contribution in [1.82, 2.24) is 9.80 Å². The first-order valence-corrected chi connectivity index (χ1v) is 7.71. The first-order chi connectivity index (χ1) is 9.99. The molecule has 0 bridgehead atoms. The molecule has 2 atom stereocenters. The fraction of sp³-hybridized carbons (Fsp3) is 0.588. The van der Waals surface area contributed by atoms with Crippen molar-refractivity contribution >= 4 is 5.91 Å². The van der Waals surface area contributed by atoms with Crippen LogP contribution in [0.5, 0.6) is 0 Å². The highest BCUT2D eigenvalue weighted by Gasteiger charge is 2.26. The molecular formula is C17H26N2O2. The van der Waals surface area contributed by atoms with E-state index in [1.54, 1.807) is 19.0 Å². The SMILES string of the molecule is CC(O)C1CCCCN1Cc1ccc(C(=O)N(C)C)cc1. The predicted octanol–water partition coefficient (Wildman–Crippen LogP) is 2.12. The summed E-state index contributed by atoms with van der Waals surface area (Å²) in [6, 6.07) is 8.06. The highest BCUT2D eigenvalue weighted by atomic mass is 16.3. The van der Waals surface area contributed by atoms with E-state index in [2.05, 4.69) is 4.90 Å². The van der Waals surface area contributed by atoms with Gasteiger partial charge in [0.15, 0.2) is 0 Å². The Bertz CT molecular complexity index is 468. The third-order valence-corrected chi connectivity index (χ3v) is 4.21. The molecule has 1 aliphatic rings. The fourth-order valence-electron chi connectivity index (χ4n) is 3.00. The Balaban J connectivity index is 2.04. The Kier molecular flexibility index (Phi) is 5.37. The number of hydrogen-bond acceptors (Lipinski definition) is 3. The third kappa shape index (κ3) is 4.05. The number of likely N-dealkylation sites (tertiary alicyclic amines) is 1. The number of aliphatic hydroxyl groups is 1. The van der Waals surface area contributed by atoms with Gasteiger partial charge in [-0.1, -0.05) is 18.6 Å². The Morgan fingerprint density at radius 3 is 2.57 bits per heavy atom. The zero-order valence-corrected chi connectivity index (χ0v) is 13.2. The van der Waals surface area contributed by atoms with Crippen molar-refractivity contribution in [2.45, 2.75) is 44.9 Å². The maximum Gasteiger partial charge on any atom is 0.253 e. The van der Waals surface area contributed by atoms with Gasteiger partial charge in [0.05, 0.1) is 6.10 Å². The fourth-order valence-corrected chi connectivity index (χ4v) is 3.00. The van der Waals surface area contributed by atoms with Gasteiger partial charge < -0.3 is 10.0 Å². The maximum atomic E-state index is 11.9. The van der Waals surface area contributed by atoms with Crippen LogP contribution >= 0.6 is 0 Å². The first kappa shape index (κ1) is 16.0. The lowest BCUT2D eigenvalue weighted by Gasteiger charge is -2.37. The largest absolute Gasteiger partial charge is 0.392 e. The third-order valence-electron chi connectivity index (χ3n) is 4.21. The normalized spacial score (nSPS) is 21.0. The summed E-state index contributed by atoms with van der Waals surface area (Å²) in [7, 11) is 3.52. The Labute approximate surface area is 127 Å². The zero-order chi connectivity index (χ0) is 15.4. The second-order valence-electron chi connectivity index (χ2n) is 6.17. The highest BCUT2D eigenvalue weighted by molar-refractivity contribution is 5.93. The van der Waals surface area contributed by atoms with Crippen molar-refractivity contribution in [3.63, 3.8) is 0 Å². The van der Waals surface area contributed by atoms with E-state index in [0.717, 1.165) is 25.1 Å². The maximum absolute atomic E-state index is 11.9. The number of amides is 1. The number of benzene rings is 1. The van der Waals surface area contributed by atoms with E-state index in [1.165, 1.54) is 18.4 Å². The summed E-state index contributed by atoms with van der Waals surface area (Å²) in [5.41, 5.74) is 1.91. The van der Waals surface area contributed by atoms with E-state index in [0.29, 0.717) is 0 Å². The molecule has 1 N–H and O–H groups in total. The van der Waals surface area contributed by atoms with Crippen molar-refractivity contribution in [1.29, 1.82) is 0 Å². The molecule has 1 fully saturated rings. The average molecular weight is 290 g/mol. The number of rotatable bonds is 4. The molecule has 0 saturated carbocycles. The van der Waals surface area contributed by atoms with Gasteiger partial charge in [0.2, 0.25) is 0 Å². The molecule has 1 aliphatic heterocycles. The van der Waals surface area contributed by atoms with Crippen LogP contribution in [0.2, 0.25) is 0 Å². The van der Waals surface area contributed by atoms with Crippen LogP contribution in [0.15, 0.2) is 24.3 Å². The van der Waals surface area contributed by atoms with Gasteiger partial charge in [-0.25, -0.2) is 0 Å². The summed E-state index contributed by atoms with van der Waals surface area (Å²) in [6.07, 6.45) is 3.16. The zero-order valence-electron chi connectivity index (χ0n) is 13.2. The summed E-state index contributed by atoms with van der Waals surface area (Å²) in [4.78, 5) is 15.8. The molecule has 1 saturated heterocycles.